The maximum Gasteiger partial charge on any atom is 0.223 e. The van der Waals surface area contributed by atoms with Crippen LogP contribution in [0.3, 0.4) is 0 Å². The molecule has 1 aromatic carbocycles. The van der Waals surface area contributed by atoms with Crippen LogP contribution in [-0.2, 0) is 4.79 Å². The normalized spacial score (nSPS) is 21.0. The van der Waals surface area contributed by atoms with Crippen LogP contribution < -0.4 is 0 Å². The Labute approximate surface area is 118 Å². The molecule has 102 valence electrons. The molecule has 0 bridgehead atoms. The van der Waals surface area contributed by atoms with E-state index in [0.29, 0.717) is 25.4 Å². The van der Waals surface area contributed by atoms with Crippen molar-refractivity contribution in [1.29, 1.82) is 0 Å². The van der Waals surface area contributed by atoms with E-state index in [1.54, 1.807) is 16.7 Å². The van der Waals surface area contributed by atoms with E-state index in [1.807, 2.05) is 18.2 Å². The van der Waals surface area contributed by atoms with Gasteiger partial charge in [0, 0.05) is 17.1 Å². The van der Waals surface area contributed by atoms with Crippen molar-refractivity contribution in [3.8, 4) is 0 Å². The number of likely N-dealkylation sites (tertiary alicyclic amines) is 1. The summed E-state index contributed by atoms with van der Waals surface area (Å²) in [6.45, 7) is 1.10. The number of benzene rings is 1. The number of amides is 1. The Balaban J connectivity index is 1.38. The Morgan fingerprint density at radius 1 is 1.32 bits per heavy atom. The third-order valence-corrected chi connectivity index (χ3v) is 4.96. The molecule has 1 aliphatic heterocycles. The summed E-state index contributed by atoms with van der Waals surface area (Å²) < 4.78 is 0. The molecule has 1 saturated heterocycles. The van der Waals surface area contributed by atoms with Gasteiger partial charge < -0.3 is 10.0 Å². The predicted molar refractivity (Wildman–Crippen MR) is 76.0 cm³/mol. The monoisotopic (exact) mass is 277 g/mol. The van der Waals surface area contributed by atoms with Crippen LogP contribution in [0.1, 0.15) is 19.3 Å². The first-order valence-corrected chi connectivity index (χ1v) is 7.84. The minimum Gasteiger partial charge on any atom is -0.386 e. The molecule has 0 radical (unpaired) electrons. The van der Waals surface area contributed by atoms with Crippen molar-refractivity contribution in [3.63, 3.8) is 0 Å². The van der Waals surface area contributed by atoms with Crippen molar-refractivity contribution in [3.05, 3.63) is 30.3 Å². The van der Waals surface area contributed by atoms with Crippen molar-refractivity contribution in [2.45, 2.75) is 29.8 Å². The summed E-state index contributed by atoms with van der Waals surface area (Å²) in [4.78, 5) is 14.9. The highest BCUT2D eigenvalue weighted by Crippen LogP contribution is 2.44. The molecule has 0 aromatic heterocycles. The van der Waals surface area contributed by atoms with Crippen LogP contribution in [0.4, 0.5) is 0 Å². The van der Waals surface area contributed by atoms with Crippen LogP contribution in [0.15, 0.2) is 35.2 Å². The Bertz CT molecular complexity index is 452. The third kappa shape index (κ3) is 2.95. The lowest BCUT2D eigenvalue weighted by Crippen LogP contribution is -2.64. The van der Waals surface area contributed by atoms with Crippen molar-refractivity contribution in [2.24, 2.45) is 5.92 Å². The van der Waals surface area contributed by atoms with Crippen LogP contribution in [0.25, 0.3) is 0 Å². The molecule has 3 nitrogen and oxygen atoms in total. The summed E-state index contributed by atoms with van der Waals surface area (Å²) in [5.41, 5.74) is -0.553. The number of carbonyl (C=O) groups is 1. The van der Waals surface area contributed by atoms with E-state index in [0.717, 1.165) is 18.6 Å². The van der Waals surface area contributed by atoms with Crippen molar-refractivity contribution in [2.75, 3.05) is 18.8 Å². The van der Waals surface area contributed by atoms with Gasteiger partial charge in [-0.2, -0.15) is 0 Å². The molecule has 1 N–H and O–H groups in total. The molecular weight excluding hydrogens is 258 g/mol. The number of thioether (sulfide) groups is 1. The zero-order chi connectivity index (χ0) is 13.3. The van der Waals surface area contributed by atoms with Gasteiger partial charge in [0.15, 0.2) is 0 Å². The molecular formula is C15H19NO2S. The van der Waals surface area contributed by atoms with Crippen LogP contribution in [-0.4, -0.2) is 40.4 Å². The summed E-state index contributed by atoms with van der Waals surface area (Å²) >= 11 is 1.71. The highest BCUT2D eigenvalue weighted by atomic mass is 32.2. The number of aliphatic hydroxyl groups is 1. The largest absolute Gasteiger partial charge is 0.386 e. The van der Waals surface area contributed by atoms with E-state index in [2.05, 4.69) is 12.1 Å². The molecule has 19 heavy (non-hydrogen) atoms. The molecule has 0 unspecified atom stereocenters. The lowest BCUT2D eigenvalue weighted by atomic mass is 9.88. The van der Waals surface area contributed by atoms with Gasteiger partial charge in [0.25, 0.3) is 0 Å². The number of rotatable bonds is 5. The first-order valence-electron chi connectivity index (χ1n) is 6.85. The second-order valence-electron chi connectivity index (χ2n) is 5.54. The SMILES string of the molecule is O=C(CCSc1ccccc1)N1CC(O)(C2CC2)C1. The predicted octanol–water partition coefficient (Wildman–Crippen LogP) is 2.15. The second-order valence-corrected chi connectivity index (χ2v) is 6.71. The first-order chi connectivity index (χ1) is 9.17. The smallest absolute Gasteiger partial charge is 0.223 e. The number of hydrogen-bond acceptors (Lipinski definition) is 3. The van der Waals surface area contributed by atoms with E-state index in [1.165, 1.54) is 4.90 Å². The number of β-amino-alcohol motifs (C(OH)–C–C–N with tert-alkyl or cyclic N) is 1. The summed E-state index contributed by atoms with van der Waals surface area (Å²) in [5, 5.41) is 10.2. The maximum absolute atomic E-state index is 11.9. The lowest BCUT2D eigenvalue weighted by molar-refractivity contribution is -0.158. The Hall–Kier alpha value is -1.00. The number of nitrogens with zero attached hydrogens (tertiary/aromatic N) is 1. The minimum atomic E-state index is -0.553. The maximum atomic E-state index is 11.9. The fraction of sp³-hybridized carbons (Fsp3) is 0.533. The number of carbonyl (C=O) groups excluding carboxylic acids is 1. The molecule has 2 fully saturated rings. The average molecular weight is 277 g/mol. The first kappa shape index (κ1) is 13.0. The van der Waals surface area contributed by atoms with Gasteiger partial charge in [0.05, 0.1) is 13.1 Å². The molecule has 2 aliphatic rings. The van der Waals surface area contributed by atoms with Crippen molar-refractivity contribution in [1.82, 2.24) is 4.90 Å². The minimum absolute atomic E-state index is 0.175. The zero-order valence-electron chi connectivity index (χ0n) is 10.9. The van der Waals surface area contributed by atoms with Crippen LogP contribution in [0.2, 0.25) is 0 Å². The van der Waals surface area contributed by atoms with Crippen LogP contribution in [0, 0.1) is 5.92 Å². The molecule has 1 heterocycles. The second kappa shape index (κ2) is 5.17. The topological polar surface area (TPSA) is 40.5 Å². The van der Waals surface area contributed by atoms with Gasteiger partial charge in [-0.1, -0.05) is 18.2 Å². The van der Waals surface area contributed by atoms with E-state index in [-0.39, 0.29) is 5.91 Å². The van der Waals surface area contributed by atoms with Crippen molar-refractivity contribution < 1.29 is 9.90 Å². The highest BCUT2D eigenvalue weighted by molar-refractivity contribution is 7.99. The third-order valence-electron chi connectivity index (χ3n) is 3.95. The summed E-state index contributed by atoms with van der Waals surface area (Å²) in [6.07, 6.45) is 2.81. The van der Waals surface area contributed by atoms with Crippen molar-refractivity contribution >= 4 is 17.7 Å². The Morgan fingerprint density at radius 3 is 2.63 bits per heavy atom. The molecule has 0 atom stereocenters. The van der Waals surface area contributed by atoms with Crippen LogP contribution >= 0.6 is 11.8 Å². The Morgan fingerprint density at radius 2 is 2.00 bits per heavy atom. The van der Waals surface area contributed by atoms with E-state index >= 15 is 0 Å². The van der Waals surface area contributed by atoms with Crippen LogP contribution in [0.5, 0.6) is 0 Å². The molecule has 1 amide bonds. The van der Waals surface area contributed by atoms with Gasteiger partial charge in [0.2, 0.25) is 5.91 Å². The van der Waals surface area contributed by atoms with Gasteiger partial charge in [0.1, 0.15) is 5.60 Å². The van der Waals surface area contributed by atoms with Gasteiger partial charge in [-0.05, 0) is 30.9 Å². The van der Waals surface area contributed by atoms with Gasteiger partial charge >= 0.3 is 0 Å². The lowest BCUT2D eigenvalue weighted by Gasteiger charge is -2.47. The Kier molecular flexibility index (Phi) is 3.54. The van der Waals surface area contributed by atoms with E-state index in [4.69, 9.17) is 0 Å². The van der Waals surface area contributed by atoms with E-state index < -0.39 is 5.60 Å². The summed E-state index contributed by atoms with van der Waals surface area (Å²) in [6, 6.07) is 10.1. The zero-order valence-corrected chi connectivity index (χ0v) is 11.7. The van der Waals surface area contributed by atoms with Gasteiger partial charge in [-0.25, -0.2) is 0 Å². The number of hydrogen-bond donors (Lipinski definition) is 1. The quantitative estimate of drug-likeness (QED) is 0.838. The molecule has 1 saturated carbocycles. The fourth-order valence-corrected chi connectivity index (χ4v) is 3.46. The fourth-order valence-electron chi connectivity index (χ4n) is 2.60. The molecule has 1 aliphatic carbocycles. The molecule has 3 rings (SSSR count). The average Bonchev–Trinajstić information content (AvgIpc) is 3.20. The molecule has 4 heteroatoms. The summed E-state index contributed by atoms with van der Waals surface area (Å²) in [5.74, 6) is 1.44. The highest BCUT2D eigenvalue weighted by Gasteiger charge is 2.52. The summed E-state index contributed by atoms with van der Waals surface area (Å²) in [7, 11) is 0. The molecule has 1 aromatic rings. The van der Waals surface area contributed by atoms with E-state index in [9.17, 15) is 9.90 Å². The molecule has 0 spiro atoms. The van der Waals surface area contributed by atoms with Gasteiger partial charge in [-0.3, -0.25) is 4.79 Å². The standard InChI is InChI=1S/C15H19NO2S/c17-14(8-9-19-13-4-2-1-3-5-13)16-10-15(18,11-16)12-6-7-12/h1-5,12,18H,6-11H2. The van der Waals surface area contributed by atoms with Gasteiger partial charge in [-0.15, -0.1) is 11.8 Å².